The van der Waals surface area contributed by atoms with Gasteiger partial charge < -0.3 is 20.5 Å². The van der Waals surface area contributed by atoms with Crippen LogP contribution in [0.4, 0.5) is 0 Å². The number of rotatable bonds is 10. The van der Waals surface area contributed by atoms with E-state index in [0.29, 0.717) is 26.4 Å². The second-order valence-electron chi connectivity index (χ2n) is 5.79. The van der Waals surface area contributed by atoms with Crippen molar-refractivity contribution in [1.82, 2.24) is 5.32 Å². The summed E-state index contributed by atoms with van der Waals surface area (Å²) < 4.78 is 11.1. The number of carbonyl (C=O) groups is 1. The average Bonchev–Trinajstić information content (AvgIpc) is 2.56. The highest BCUT2D eigenvalue weighted by atomic mass is 16.5. The van der Waals surface area contributed by atoms with E-state index in [1.165, 1.54) is 0 Å². The number of carbonyl (C=O) groups excluding carboxylic acids is 1. The Bertz CT molecular complexity index is 491. The van der Waals surface area contributed by atoms with Gasteiger partial charge in [0.1, 0.15) is 12.4 Å². The topological polar surface area (TPSA) is 73.6 Å². The van der Waals surface area contributed by atoms with Crippen molar-refractivity contribution in [3.63, 3.8) is 0 Å². The monoisotopic (exact) mass is 322 g/mol. The standard InChI is InChI=1S/C18H30N2O3/c1-5-14(4)17(19)18(21)20-12-15-8-7-13(3)11-16(15)23-10-9-22-6-2/h7-8,11,14,17H,5-6,9-10,12,19H2,1-4H3,(H,20,21). The fourth-order valence-electron chi connectivity index (χ4n) is 2.11. The molecule has 0 spiro atoms. The highest BCUT2D eigenvalue weighted by molar-refractivity contribution is 5.81. The molecule has 0 radical (unpaired) electrons. The molecule has 0 saturated heterocycles. The summed E-state index contributed by atoms with van der Waals surface area (Å²) in [5.74, 6) is 0.817. The molecule has 2 unspecified atom stereocenters. The molecule has 0 aliphatic rings. The maximum atomic E-state index is 12.1. The molecule has 0 fully saturated rings. The predicted molar refractivity (Wildman–Crippen MR) is 92.4 cm³/mol. The lowest BCUT2D eigenvalue weighted by molar-refractivity contribution is -0.123. The minimum Gasteiger partial charge on any atom is -0.491 e. The van der Waals surface area contributed by atoms with Crippen molar-refractivity contribution in [3.05, 3.63) is 29.3 Å². The lowest BCUT2D eigenvalue weighted by atomic mass is 9.99. The molecule has 5 nitrogen and oxygen atoms in total. The summed E-state index contributed by atoms with van der Waals surface area (Å²) in [5, 5.41) is 2.90. The number of nitrogens with one attached hydrogen (secondary N) is 1. The normalized spacial score (nSPS) is 13.4. The second kappa shape index (κ2) is 10.2. The Labute approximate surface area is 139 Å². The van der Waals surface area contributed by atoms with Crippen LogP contribution in [0.25, 0.3) is 0 Å². The Morgan fingerprint density at radius 2 is 2.04 bits per heavy atom. The third-order valence-corrected chi connectivity index (χ3v) is 3.92. The van der Waals surface area contributed by atoms with Crippen molar-refractivity contribution >= 4 is 5.91 Å². The molecular weight excluding hydrogens is 292 g/mol. The van der Waals surface area contributed by atoms with Crippen LogP contribution in [0.15, 0.2) is 18.2 Å². The van der Waals surface area contributed by atoms with E-state index in [2.05, 4.69) is 5.32 Å². The highest BCUT2D eigenvalue weighted by Gasteiger charge is 2.19. The summed E-state index contributed by atoms with van der Waals surface area (Å²) in [6.45, 7) is 10.1. The van der Waals surface area contributed by atoms with Crippen LogP contribution in [0.3, 0.4) is 0 Å². The average molecular weight is 322 g/mol. The van der Waals surface area contributed by atoms with Gasteiger partial charge in [-0.1, -0.05) is 32.4 Å². The molecule has 23 heavy (non-hydrogen) atoms. The molecule has 130 valence electrons. The number of ether oxygens (including phenoxy) is 2. The zero-order valence-corrected chi connectivity index (χ0v) is 14.7. The number of benzene rings is 1. The van der Waals surface area contributed by atoms with Gasteiger partial charge in [0.05, 0.1) is 12.6 Å². The van der Waals surface area contributed by atoms with Crippen molar-refractivity contribution in [1.29, 1.82) is 0 Å². The van der Waals surface area contributed by atoms with E-state index in [4.69, 9.17) is 15.2 Å². The fraction of sp³-hybridized carbons (Fsp3) is 0.611. The van der Waals surface area contributed by atoms with Gasteiger partial charge in [0.2, 0.25) is 5.91 Å². The van der Waals surface area contributed by atoms with E-state index in [1.807, 2.05) is 45.9 Å². The van der Waals surface area contributed by atoms with Gasteiger partial charge in [0.25, 0.3) is 0 Å². The first kappa shape index (κ1) is 19.5. The number of hydrogen-bond donors (Lipinski definition) is 2. The Kier molecular flexibility index (Phi) is 8.66. The lowest BCUT2D eigenvalue weighted by Crippen LogP contribution is -2.44. The van der Waals surface area contributed by atoms with Gasteiger partial charge in [-0.15, -0.1) is 0 Å². The highest BCUT2D eigenvalue weighted by Crippen LogP contribution is 2.20. The fourth-order valence-corrected chi connectivity index (χ4v) is 2.11. The van der Waals surface area contributed by atoms with Crippen molar-refractivity contribution in [3.8, 4) is 5.75 Å². The van der Waals surface area contributed by atoms with Crippen LogP contribution in [0.5, 0.6) is 5.75 Å². The molecular formula is C18H30N2O3. The summed E-state index contributed by atoms with van der Waals surface area (Å²) in [6, 6.07) is 5.47. The summed E-state index contributed by atoms with van der Waals surface area (Å²) in [4.78, 5) is 12.1. The molecule has 0 aliphatic carbocycles. The van der Waals surface area contributed by atoms with E-state index in [-0.39, 0.29) is 11.8 Å². The molecule has 0 aromatic heterocycles. The van der Waals surface area contributed by atoms with E-state index >= 15 is 0 Å². The number of aryl methyl sites for hydroxylation is 1. The third-order valence-electron chi connectivity index (χ3n) is 3.92. The quantitative estimate of drug-likeness (QED) is 0.649. The number of nitrogens with two attached hydrogens (primary N) is 1. The minimum absolute atomic E-state index is 0.125. The molecule has 0 aliphatic heterocycles. The summed E-state index contributed by atoms with van der Waals surface area (Å²) >= 11 is 0. The molecule has 1 aromatic rings. The van der Waals surface area contributed by atoms with Crippen LogP contribution < -0.4 is 15.8 Å². The SMILES string of the molecule is CCOCCOc1cc(C)ccc1CNC(=O)C(N)C(C)CC. The molecule has 5 heteroatoms. The molecule has 0 heterocycles. The summed E-state index contributed by atoms with van der Waals surface area (Å²) in [7, 11) is 0. The van der Waals surface area contributed by atoms with Crippen molar-refractivity contribution in [2.24, 2.45) is 11.7 Å². The van der Waals surface area contributed by atoms with Crippen LogP contribution in [-0.2, 0) is 16.1 Å². The number of amides is 1. The molecule has 1 aromatic carbocycles. The van der Waals surface area contributed by atoms with Crippen LogP contribution in [0.2, 0.25) is 0 Å². The van der Waals surface area contributed by atoms with E-state index < -0.39 is 6.04 Å². The molecule has 0 saturated carbocycles. The smallest absolute Gasteiger partial charge is 0.237 e. The lowest BCUT2D eigenvalue weighted by Gasteiger charge is -2.18. The maximum absolute atomic E-state index is 12.1. The minimum atomic E-state index is -0.479. The van der Waals surface area contributed by atoms with Gasteiger partial charge in [0.15, 0.2) is 0 Å². The van der Waals surface area contributed by atoms with Gasteiger partial charge in [-0.2, -0.15) is 0 Å². The van der Waals surface area contributed by atoms with Gasteiger partial charge in [-0.3, -0.25) is 4.79 Å². The van der Waals surface area contributed by atoms with Crippen molar-refractivity contribution in [2.45, 2.75) is 46.7 Å². The van der Waals surface area contributed by atoms with Gasteiger partial charge in [-0.25, -0.2) is 0 Å². The summed E-state index contributed by atoms with van der Waals surface area (Å²) in [6.07, 6.45) is 0.880. The zero-order valence-electron chi connectivity index (χ0n) is 14.7. The van der Waals surface area contributed by atoms with E-state index in [9.17, 15) is 4.79 Å². The molecule has 2 atom stereocenters. The Balaban J connectivity index is 2.63. The largest absolute Gasteiger partial charge is 0.491 e. The maximum Gasteiger partial charge on any atom is 0.237 e. The first-order chi connectivity index (χ1) is 11.0. The second-order valence-corrected chi connectivity index (χ2v) is 5.79. The first-order valence-electron chi connectivity index (χ1n) is 8.32. The Morgan fingerprint density at radius 3 is 2.70 bits per heavy atom. The molecule has 3 N–H and O–H groups in total. The first-order valence-corrected chi connectivity index (χ1v) is 8.32. The van der Waals surface area contributed by atoms with E-state index in [1.54, 1.807) is 0 Å². The molecule has 1 amide bonds. The predicted octanol–water partition coefficient (Wildman–Crippen LogP) is 2.40. The van der Waals surface area contributed by atoms with Gasteiger partial charge >= 0.3 is 0 Å². The van der Waals surface area contributed by atoms with Crippen LogP contribution >= 0.6 is 0 Å². The van der Waals surface area contributed by atoms with Crippen molar-refractivity contribution in [2.75, 3.05) is 19.8 Å². The summed E-state index contributed by atoms with van der Waals surface area (Å²) in [5.41, 5.74) is 8.01. The van der Waals surface area contributed by atoms with Crippen LogP contribution in [0, 0.1) is 12.8 Å². The van der Waals surface area contributed by atoms with Crippen molar-refractivity contribution < 1.29 is 14.3 Å². The Morgan fingerprint density at radius 1 is 1.30 bits per heavy atom. The van der Waals surface area contributed by atoms with E-state index in [0.717, 1.165) is 23.3 Å². The third kappa shape index (κ3) is 6.59. The molecule has 1 rings (SSSR count). The zero-order chi connectivity index (χ0) is 17.2. The van der Waals surface area contributed by atoms with Crippen LogP contribution in [0.1, 0.15) is 38.3 Å². The van der Waals surface area contributed by atoms with Crippen LogP contribution in [-0.4, -0.2) is 31.8 Å². The Hall–Kier alpha value is -1.59. The molecule has 0 bridgehead atoms. The van der Waals surface area contributed by atoms with Gasteiger partial charge in [-0.05, 0) is 31.4 Å². The number of hydrogen-bond acceptors (Lipinski definition) is 4. The van der Waals surface area contributed by atoms with Gasteiger partial charge in [0, 0.05) is 18.7 Å².